The van der Waals surface area contributed by atoms with Gasteiger partial charge < -0.3 is 9.51 Å². The van der Waals surface area contributed by atoms with Crippen molar-refractivity contribution < 1.29 is 4.52 Å². The molecule has 3 heteroatoms. The summed E-state index contributed by atoms with van der Waals surface area (Å²) in [5, 5.41) is 3.62. The second kappa shape index (κ2) is 5.56. The van der Waals surface area contributed by atoms with E-state index in [1.165, 1.54) is 0 Å². The molecule has 0 amide bonds. The van der Waals surface area contributed by atoms with Gasteiger partial charge in [0, 0.05) is 24.0 Å². The van der Waals surface area contributed by atoms with E-state index in [0.717, 1.165) is 11.3 Å². The largest absolute Gasteiger partial charge is 0.368 e. The molecule has 2 aromatic heterocycles. The molecule has 3 nitrogen and oxygen atoms in total. The van der Waals surface area contributed by atoms with Crippen molar-refractivity contribution in [2.45, 2.75) is 0 Å². The van der Waals surface area contributed by atoms with Gasteiger partial charge in [-0.25, -0.2) is 0 Å². The first-order chi connectivity index (χ1) is 7.97. The number of hydrogen-bond acceptors (Lipinski definition) is 2. The Bertz CT molecular complexity index is 455. The molecule has 0 spiro atoms. The summed E-state index contributed by atoms with van der Waals surface area (Å²) < 4.78 is 4.97. The van der Waals surface area contributed by atoms with Crippen molar-refractivity contribution >= 4 is 0 Å². The van der Waals surface area contributed by atoms with Gasteiger partial charge in [0.1, 0.15) is 0 Å². The predicted octanol–water partition coefficient (Wildman–Crippen LogP) is 3.36. The van der Waals surface area contributed by atoms with Crippen molar-refractivity contribution in [2.24, 2.45) is 0 Å². The zero-order chi connectivity index (χ0) is 11.1. The molecule has 1 aromatic carbocycles. The minimum Gasteiger partial charge on any atom is -0.368 e. The Balaban J connectivity index is 0.000000162. The molecule has 0 radical (unpaired) electrons. The predicted molar refractivity (Wildman–Crippen MR) is 62.7 cm³/mol. The number of aromatic nitrogens is 2. The standard InChI is InChI=1S/C9H7NO.C4H5N/c1-2-4-8(5-3-1)9-6-7-10-11-9;1-2-4-5-3-1/h1-7H;1-5H. The van der Waals surface area contributed by atoms with Crippen LogP contribution in [-0.2, 0) is 0 Å². The maximum Gasteiger partial charge on any atom is 0.166 e. The van der Waals surface area contributed by atoms with E-state index < -0.39 is 0 Å². The molecule has 0 bridgehead atoms. The summed E-state index contributed by atoms with van der Waals surface area (Å²) >= 11 is 0. The van der Waals surface area contributed by atoms with E-state index in [-0.39, 0.29) is 0 Å². The number of benzene rings is 1. The van der Waals surface area contributed by atoms with Gasteiger partial charge in [-0.05, 0) is 12.1 Å². The molecular weight excluding hydrogens is 200 g/mol. The van der Waals surface area contributed by atoms with Crippen molar-refractivity contribution in [3.8, 4) is 11.3 Å². The van der Waals surface area contributed by atoms with Crippen molar-refractivity contribution in [2.75, 3.05) is 0 Å². The molecule has 0 fully saturated rings. The first kappa shape index (κ1) is 10.2. The third kappa shape index (κ3) is 2.85. The normalized spacial score (nSPS) is 9.25. The van der Waals surface area contributed by atoms with E-state index in [2.05, 4.69) is 10.1 Å². The first-order valence-electron chi connectivity index (χ1n) is 5.00. The van der Waals surface area contributed by atoms with Crippen LogP contribution in [0.25, 0.3) is 11.3 Å². The van der Waals surface area contributed by atoms with E-state index in [9.17, 15) is 0 Å². The third-order valence-electron chi connectivity index (χ3n) is 1.99. The zero-order valence-corrected chi connectivity index (χ0v) is 8.71. The molecule has 0 aliphatic carbocycles. The minimum atomic E-state index is 0.811. The Labute approximate surface area is 93.7 Å². The smallest absolute Gasteiger partial charge is 0.166 e. The number of rotatable bonds is 1. The lowest BCUT2D eigenvalue weighted by Gasteiger charge is -1.90. The summed E-state index contributed by atoms with van der Waals surface area (Å²) in [6, 6.07) is 15.6. The maximum atomic E-state index is 4.97. The van der Waals surface area contributed by atoms with Crippen LogP contribution < -0.4 is 0 Å². The summed E-state index contributed by atoms with van der Waals surface area (Å²) in [4.78, 5) is 2.86. The van der Waals surface area contributed by atoms with Gasteiger partial charge in [-0.1, -0.05) is 35.5 Å². The first-order valence-corrected chi connectivity index (χ1v) is 5.00. The van der Waals surface area contributed by atoms with Crippen LogP contribution in [-0.4, -0.2) is 10.1 Å². The number of nitrogens with one attached hydrogen (secondary N) is 1. The van der Waals surface area contributed by atoms with Crippen LogP contribution in [0.2, 0.25) is 0 Å². The monoisotopic (exact) mass is 212 g/mol. The second-order valence-electron chi connectivity index (χ2n) is 3.13. The molecule has 3 rings (SSSR count). The van der Waals surface area contributed by atoms with Crippen molar-refractivity contribution in [1.29, 1.82) is 0 Å². The minimum absolute atomic E-state index is 0.811. The van der Waals surface area contributed by atoms with Crippen molar-refractivity contribution in [1.82, 2.24) is 10.1 Å². The number of hydrogen-bond donors (Lipinski definition) is 1. The molecule has 0 saturated carbocycles. The highest BCUT2D eigenvalue weighted by Gasteiger charge is 1.97. The average Bonchev–Trinajstić information content (AvgIpc) is 3.07. The van der Waals surface area contributed by atoms with Gasteiger partial charge in [0.25, 0.3) is 0 Å². The third-order valence-corrected chi connectivity index (χ3v) is 1.99. The maximum absolute atomic E-state index is 4.97. The van der Waals surface area contributed by atoms with Gasteiger partial charge in [0.2, 0.25) is 0 Å². The summed E-state index contributed by atoms with van der Waals surface area (Å²) in [6.45, 7) is 0. The molecule has 16 heavy (non-hydrogen) atoms. The topological polar surface area (TPSA) is 41.8 Å². The fraction of sp³-hybridized carbons (Fsp3) is 0. The molecule has 0 aliphatic rings. The molecule has 80 valence electrons. The number of aromatic amines is 1. The average molecular weight is 212 g/mol. The summed E-state index contributed by atoms with van der Waals surface area (Å²) in [5.41, 5.74) is 1.06. The Morgan fingerprint density at radius 1 is 0.875 bits per heavy atom. The van der Waals surface area contributed by atoms with Gasteiger partial charge in [0.05, 0.1) is 6.20 Å². The molecule has 2 heterocycles. The molecular formula is C13H12N2O. The fourth-order valence-corrected chi connectivity index (χ4v) is 1.24. The highest BCUT2D eigenvalue weighted by Crippen LogP contribution is 2.16. The van der Waals surface area contributed by atoms with Gasteiger partial charge in [-0.2, -0.15) is 0 Å². The molecule has 0 atom stereocenters. The lowest BCUT2D eigenvalue weighted by Crippen LogP contribution is -1.69. The number of nitrogens with zero attached hydrogens (tertiary/aromatic N) is 1. The van der Waals surface area contributed by atoms with Crippen LogP contribution in [0.1, 0.15) is 0 Å². The number of H-pyrrole nitrogens is 1. The highest BCUT2D eigenvalue weighted by atomic mass is 16.5. The molecule has 0 aliphatic heterocycles. The molecule has 0 saturated heterocycles. The molecule has 1 N–H and O–H groups in total. The van der Waals surface area contributed by atoms with Crippen LogP contribution in [0.5, 0.6) is 0 Å². The van der Waals surface area contributed by atoms with Crippen molar-refractivity contribution in [3.05, 3.63) is 67.1 Å². The lowest BCUT2D eigenvalue weighted by atomic mass is 10.2. The SMILES string of the molecule is c1cc[nH]c1.c1ccc(-c2ccno2)cc1. The van der Waals surface area contributed by atoms with E-state index >= 15 is 0 Å². The second-order valence-corrected chi connectivity index (χ2v) is 3.13. The zero-order valence-electron chi connectivity index (χ0n) is 8.71. The Morgan fingerprint density at radius 2 is 1.62 bits per heavy atom. The van der Waals surface area contributed by atoms with E-state index in [1.54, 1.807) is 6.20 Å². The van der Waals surface area contributed by atoms with E-state index in [4.69, 9.17) is 4.52 Å². The fourth-order valence-electron chi connectivity index (χ4n) is 1.24. The van der Waals surface area contributed by atoms with E-state index in [0.29, 0.717) is 0 Å². The quantitative estimate of drug-likeness (QED) is 0.672. The van der Waals surface area contributed by atoms with Gasteiger partial charge in [-0.15, -0.1) is 0 Å². The summed E-state index contributed by atoms with van der Waals surface area (Å²) in [5.74, 6) is 0.811. The van der Waals surface area contributed by atoms with Gasteiger partial charge >= 0.3 is 0 Å². The summed E-state index contributed by atoms with van der Waals surface area (Å²) in [6.07, 6.45) is 5.39. The van der Waals surface area contributed by atoms with Crippen LogP contribution in [0.15, 0.2) is 71.6 Å². The highest BCUT2D eigenvalue weighted by molar-refractivity contribution is 5.55. The molecule has 0 unspecified atom stereocenters. The van der Waals surface area contributed by atoms with Crippen LogP contribution in [0.3, 0.4) is 0 Å². The summed E-state index contributed by atoms with van der Waals surface area (Å²) in [7, 11) is 0. The van der Waals surface area contributed by atoms with Crippen LogP contribution in [0.4, 0.5) is 0 Å². The Morgan fingerprint density at radius 3 is 2.12 bits per heavy atom. The van der Waals surface area contributed by atoms with Gasteiger partial charge in [-0.3, -0.25) is 0 Å². The van der Waals surface area contributed by atoms with Crippen molar-refractivity contribution in [3.63, 3.8) is 0 Å². The lowest BCUT2D eigenvalue weighted by molar-refractivity contribution is 0.432. The Hall–Kier alpha value is -2.29. The van der Waals surface area contributed by atoms with Crippen LogP contribution >= 0.6 is 0 Å². The van der Waals surface area contributed by atoms with E-state index in [1.807, 2.05) is 60.9 Å². The molecule has 3 aromatic rings. The van der Waals surface area contributed by atoms with Crippen LogP contribution in [0, 0.1) is 0 Å². The Kier molecular flexibility index (Phi) is 3.55. The van der Waals surface area contributed by atoms with Gasteiger partial charge in [0.15, 0.2) is 5.76 Å².